The molecule has 1 saturated heterocycles. The van der Waals surface area contributed by atoms with Crippen LogP contribution in [0.25, 0.3) is 0 Å². The van der Waals surface area contributed by atoms with E-state index in [0.29, 0.717) is 19.1 Å². The highest BCUT2D eigenvalue weighted by Gasteiger charge is 2.28. The Kier molecular flexibility index (Phi) is 4.59. The number of para-hydroxylation sites is 1. The van der Waals surface area contributed by atoms with E-state index in [9.17, 15) is 4.79 Å². The SMILES string of the molecule is CC1CCNC1C(=O)NCCOc1ccccc1. The molecule has 1 heterocycles. The molecule has 1 aromatic rings. The Balaban J connectivity index is 1.65. The van der Waals surface area contributed by atoms with E-state index in [1.807, 2.05) is 30.3 Å². The van der Waals surface area contributed by atoms with E-state index in [-0.39, 0.29) is 11.9 Å². The van der Waals surface area contributed by atoms with Crippen LogP contribution in [0, 0.1) is 5.92 Å². The number of hydrogen-bond donors (Lipinski definition) is 2. The monoisotopic (exact) mass is 248 g/mol. The van der Waals surface area contributed by atoms with Crippen molar-refractivity contribution in [2.45, 2.75) is 19.4 Å². The van der Waals surface area contributed by atoms with Crippen LogP contribution in [0.5, 0.6) is 5.75 Å². The van der Waals surface area contributed by atoms with Gasteiger partial charge in [0.2, 0.25) is 5.91 Å². The molecule has 1 amide bonds. The summed E-state index contributed by atoms with van der Waals surface area (Å²) in [4.78, 5) is 11.8. The number of rotatable bonds is 5. The third-order valence-corrected chi connectivity index (χ3v) is 3.23. The molecule has 4 heteroatoms. The second-order valence-electron chi connectivity index (χ2n) is 4.65. The number of hydrogen-bond acceptors (Lipinski definition) is 3. The molecular weight excluding hydrogens is 228 g/mol. The molecule has 1 aliphatic rings. The molecule has 0 radical (unpaired) electrons. The fraction of sp³-hybridized carbons (Fsp3) is 0.500. The van der Waals surface area contributed by atoms with Crippen molar-refractivity contribution < 1.29 is 9.53 Å². The van der Waals surface area contributed by atoms with Crippen LogP contribution in [0.3, 0.4) is 0 Å². The molecule has 18 heavy (non-hydrogen) atoms. The Morgan fingerprint density at radius 1 is 1.44 bits per heavy atom. The Labute approximate surface area is 108 Å². The van der Waals surface area contributed by atoms with Gasteiger partial charge in [0, 0.05) is 0 Å². The van der Waals surface area contributed by atoms with Gasteiger partial charge in [0.15, 0.2) is 0 Å². The number of ether oxygens (including phenoxy) is 1. The highest BCUT2D eigenvalue weighted by molar-refractivity contribution is 5.82. The van der Waals surface area contributed by atoms with Crippen LogP contribution in [-0.4, -0.2) is 31.6 Å². The quantitative estimate of drug-likeness (QED) is 0.769. The van der Waals surface area contributed by atoms with Gasteiger partial charge in [-0.3, -0.25) is 4.79 Å². The second kappa shape index (κ2) is 6.40. The molecule has 2 N–H and O–H groups in total. The molecule has 0 aromatic heterocycles. The summed E-state index contributed by atoms with van der Waals surface area (Å²) in [6.45, 7) is 4.07. The maximum absolute atomic E-state index is 11.8. The number of carbonyl (C=O) groups is 1. The van der Waals surface area contributed by atoms with Gasteiger partial charge in [-0.2, -0.15) is 0 Å². The predicted octanol–water partition coefficient (Wildman–Crippen LogP) is 1.18. The van der Waals surface area contributed by atoms with Crippen LogP contribution in [0.15, 0.2) is 30.3 Å². The largest absolute Gasteiger partial charge is 0.492 e. The molecule has 2 unspecified atom stereocenters. The number of nitrogens with one attached hydrogen (secondary N) is 2. The number of carbonyl (C=O) groups excluding carboxylic acids is 1. The van der Waals surface area contributed by atoms with Crippen LogP contribution in [0.1, 0.15) is 13.3 Å². The molecule has 1 aliphatic heterocycles. The van der Waals surface area contributed by atoms with E-state index < -0.39 is 0 Å². The first-order valence-corrected chi connectivity index (χ1v) is 6.46. The molecular formula is C14H20N2O2. The van der Waals surface area contributed by atoms with E-state index in [1.165, 1.54) is 0 Å². The standard InChI is InChI=1S/C14H20N2O2/c1-11-7-8-15-13(11)14(17)16-9-10-18-12-5-3-2-4-6-12/h2-6,11,13,15H,7-10H2,1H3,(H,16,17). The minimum Gasteiger partial charge on any atom is -0.492 e. The van der Waals surface area contributed by atoms with E-state index in [1.54, 1.807) is 0 Å². The van der Waals surface area contributed by atoms with Crippen molar-refractivity contribution >= 4 is 5.91 Å². The average Bonchev–Trinajstić information content (AvgIpc) is 2.82. The van der Waals surface area contributed by atoms with Crippen LogP contribution in [-0.2, 0) is 4.79 Å². The van der Waals surface area contributed by atoms with Crippen molar-refractivity contribution in [3.05, 3.63) is 30.3 Å². The zero-order chi connectivity index (χ0) is 12.8. The highest BCUT2D eigenvalue weighted by atomic mass is 16.5. The van der Waals surface area contributed by atoms with Crippen molar-refractivity contribution in [3.63, 3.8) is 0 Å². The van der Waals surface area contributed by atoms with Crippen molar-refractivity contribution in [2.75, 3.05) is 19.7 Å². The third kappa shape index (κ3) is 3.47. The first kappa shape index (κ1) is 12.9. The minimum atomic E-state index is -0.0401. The van der Waals surface area contributed by atoms with Gasteiger partial charge in [0.25, 0.3) is 0 Å². The van der Waals surface area contributed by atoms with Gasteiger partial charge >= 0.3 is 0 Å². The summed E-state index contributed by atoms with van der Waals surface area (Å²) in [5.41, 5.74) is 0. The smallest absolute Gasteiger partial charge is 0.237 e. The Morgan fingerprint density at radius 3 is 2.89 bits per heavy atom. The second-order valence-corrected chi connectivity index (χ2v) is 4.65. The lowest BCUT2D eigenvalue weighted by Gasteiger charge is -2.15. The van der Waals surface area contributed by atoms with Crippen molar-refractivity contribution in [2.24, 2.45) is 5.92 Å². The van der Waals surface area contributed by atoms with E-state index in [2.05, 4.69) is 17.6 Å². The summed E-state index contributed by atoms with van der Waals surface area (Å²) in [6, 6.07) is 9.57. The highest BCUT2D eigenvalue weighted by Crippen LogP contribution is 2.14. The predicted molar refractivity (Wildman–Crippen MR) is 70.5 cm³/mol. The van der Waals surface area contributed by atoms with E-state index in [0.717, 1.165) is 18.7 Å². The van der Waals surface area contributed by atoms with E-state index >= 15 is 0 Å². The third-order valence-electron chi connectivity index (χ3n) is 3.23. The maximum atomic E-state index is 11.8. The first-order valence-electron chi connectivity index (χ1n) is 6.46. The van der Waals surface area contributed by atoms with Gasteiger partial charge in [0.05, 0.1) is 12.6 Å². The van der Waals surface area contributed by atoms with Gasteiger partial charge in [-0.1, -0.05) is 25.1 Å². The molecule has 0 aliphatic carbocycles. The Bertz CT molecular complexity index is 381. The fourth-order valence-corrected chi connectivity index (χ4v) is 2.16. The van der Waals surface area contributed by atoms with Gasteiger partial charge in [-0.15, -0.1) is 0 Å². The van der Waals surface area contributed by atoms with E-state index in [4.69, 9.17) is 4.74 Å². The lowest BCUT2D eigenvalue weighted by molar-refractivity contribution is -0.123. The van der Waals surface area contributed by atoms with Gasteiger partial charge in [-0.05, 0) is 31.0 Å². The normalized spacial score (nSPS) is 22.7. The topological polar surface area (TPSA) is 50.4 Å². The molecule has 1 fully saturated rings. The molecule has 2 rings (SSSR count). The zero-order valence-electron chi connectivity index (χ0n) is 10.7. The Morgan fingerprint density at radius 2 is 2.22 bits per heavy atom. The molecule has 0 saturated carbocycles. The average molecular weight is 248 g/mol. The molecule has 1 aromatic carbocycles. The maximum Gasteiger partial charge on any atom is 0.237 e. The van der Waals surface area contributed by atoms with Crippen molar-refractivity contribution in [1.29, 1.82) is 0 Å². The molecule has 4 nitrogen and oxygen atoms in total. The molecule has 2 atom stereocenters. The van der Waals surface area contributed by atoms with Crippen LogP contribution < -0.4 is 15.4 Å². The summed E-state index contributed by atoms with van der Waals surface area (Å²) >= 11 is 0. The van der Waals surface area contributed by atoms with Crippen LogP contribution >= 0.6 is 0 Å². The molecule has 98 valence electrons. The Hall–Kier alpha value is -1.55. The number of amides is 1. The van der Waals surface area contributed by atoms with Crippen molar-refractivity contribution in [3.8, 4) is 5.75 Å². The summed E-state index contributed by atoms with van der Waals surface area (Å²) in [7, 11) is 0. The van der Waals surface area contributed by atoms with Gasteiger partial charge < -0.3 is 15.4 Å². The minimum absolute atomic E-state index is 0.0401. The zero-order valence-corrected chi connectivity index (χ0v) is 10.7. The summed E-state index contributed by atoms with van der Waals surface area (Å²) in [5, 5.41) is 6.11. The lowest BCUT2D eigenvalue weighted by Crippen LogP contribution is -2.44. The van der Waals surface area contributed by atoms with Crippen LogP contribution in [0.2, 0.25) is 0 Å². The van der Waals surface area contributed by atoms with Crippen LogP contribution in [0.4, 0.5) is 0 Å². The summed E-state index contributed by atoms with van der Waals surface area (Å²) < 4.78 is 5.51. The van der Waals surface area contributed by atoms with Gasteiger partial charge in [0.1, 0.15) is 12.4 Å². The molecule has 0 bridgehead atoms. The van der Waals surface area contributed by atoms with Crippen molar-refractivity contribution in [1.82, 2.24) is 10.6 Å². The fourth-order valence-electron chi connectivity index (χ4n) is 2.16. The summed E-state index contributed by atoms with van der Waals surface area (Å²) in [6.07, 6.45) is 1.07. The number of benzene rings is 1. The summed E-state index contributed by atoms with van der Waals surface area (Å²) in [5.74, 6) is 1.33. The lowest BCUT2D eigenvalue weighted by atomic mass is 10.0. The first-order chi connectivity index (χ1) is 8.77. The molecule has 0 spiro atoms. The van der Waals surface area contributed by atoms with Gasteiger partial charge in [-0.25, -0.2) is 0 Å².